The van der Waals surface area contributed by atoms with Crippen molar-refractivity contribution in [2.45, 2.75) is 26.8 Å². The smallest absolute Gasteiger partial charge is 0.295 e. The topological polar surface area (TPSA) is 74.1 Å². The highest BCUT2D eigenvalue weighted by Crippen LogP contribution is 2.39. The molecule has 6 nitrogen and oxygen atoms in total. The van der Waals surface area contributed by atoms with Crippen LogP contribution in [0, 0.1) is 12.7 Å². The molecule has 2 aromatic rings. The number of amides is 1. The molecule has 32 heavy (non-hydrogen) atoms. The van der Waals surface area contributed by atoms with E-state index in [0.717, 1.165) is 13.1 Å². The van der Waals surface area contributed by atoms with E-state index < -0.39 is 29.3 Å². The average molecular weight is 441 g/mol. The second kappa shape index (κ2) is 9.96. The Morgan fingerprint density at radius 1 is 1.12 bits per heavy atom. The molecule has 3 rings (SSSR count). The highest BCUT2D eigenvalue weighted by Gasteiger charge is 2.44. The first kappa shape index (κ1) is 23.5. The zero-order valence-electron chi connectivity index (χ0n) is 18.9. The van der Waals surface area contributed by atoms with E-state index in [1.807, 2.05) is 0 Å². The van der Waals surface area contributed by atoms with E-state index in [1.165, 1.54) is 41.2 Å². The first-order valence-electron chi connectivity index (χ1n) is 10.8. The van der Waals surface area contributed by atoms with Crippen molar-refractivity contribution in [1.29, 1.82) is 0 Å². The van der Waals surface area contributed by atoms with E-state index in [4.69, 9.17) is 4.74 Å². The molecule has 0 saturated carbocycles. The van der Waals surface area contributed by atoms with E-state index in [2.05, 4.69) is 13.8 Å². The van der Waals surface area contributed by atoms with Crippen LogP contribution in [0.5, 0.6) is 5.75 Å². The quantitative estimate of drug-likeness (QED) is 0.381. The van der Waals surface area contributed by atoms with Crippen LogP contribution < -0.4 is 14.7 Å². The minimum absolute atomic E-state index is 0.0931. The maximum Gasteiger partial charge on any atom is 0.295 e. The van der Waals surface area contributed by atoms with Crippen molar-refractivity contribution in [3.8, 4) is 5.75 Å². The number of nitrogens with one attached hydrogen (secondary N) is 1. The Morgan fingerprint density at radius 3 is 2.34 bits per heavy atom. The van der Waals surface area contributed by atoms with Crippen LogP contribution in [-0.2, 0) is 9.59 Å². The summed E-state index contributed by atoms with van der Waals surface area (Å²) < 4.78 is 18.8. The van der Waals surface area contributed by atoms with E-state index in [0.29, 0.717) is 35.5 Å². The molecule has 1 N–H and O–H groups in total. The number of ketones is 1. The molecule has 1 fully saturated rings. The van der Waals surface area contributed by atoms with Gasteiger partial charge in [-0.15, -0.1) is 0 Å². The van der Waals surface area contributed by atoms with Gasteiger partial charge in [0.2, 0.25) is 5.78 Å². The fraction of sp³-hybridized carbons (Fsp3) is 0.360. The largest absolute Gasteiger partial charge is 0.872 e. The van der Waals surface area contributed by atoms with Gasteiger partial charge in [0.05, 0.1) is 39.3 Å². The second-order valence-electron chi connectivity index (χ2n) is 7.91. The number of aryl methyl sites for hydroxylation is 1. The predicted octanol–water partition coefficient (Wildman–Crippen LogP) is 1.29. The number of hydrogen-bond donors (Lipinski definition) is 1. The lowest BCUT2D eigenvalue weighted by molar-refractivity contribution is -0.895. The van der Waals surface area contributed by atoms with Gasteiger partial charge in [-0.1, -0.05) is 24.0 Å². The third kappa shape index (κ3) is 4.53. The highest BCUT2D eigenvalue weighted by atomic mass is 19.1. The molecule has 0 radical (unpaired) electrons. The van der Waals surface area contributed by atoms with Crippen LogP contribution in [-0.4, -0.2) is 49.9 Å². The Labute approximate surface area is 187 Å². The van der Waals surface area contributed by atoms with Gasteiger partial charge in [-0.2, -0.15) is 0 Å². The van der Waals surface area contributed by atoms with Crippen molar-refractivity contribution in [2.24, 2.45) is 0 Å². The third-order valence-electron chi connectivity index (χ3n) is 6.10. The average Bonchev–Trinajstić information content (AvgIpc) is 3.04. The molecule has 2 aromatic carbocycles. The van der Waals surface area contributed by atoms with Crippen LogP contribution in [0.15, 0.2) is 48.0 Å². The third-order valence-corrected chi connectivity index (χ3v) is 6.10. The summed E-state index contributed by atoms with van der Waals surface area (Å²) in [5.41, 5.74) is 1.43. The Balaban J connectivity index is 2.12. The van der Waals surface area contributed by atoms with E-state index in [-0.39, 0.29) is 5.57 Å². The van der Waals surface area contributed by atoms with Gasteiger partial charge >= 0.3 is 0 Å². The number of ether oxygens (including phenoxy) is 1. The molecule has 170 valence electrons. The minimum Gasteiger partial charge on any atom is -0.872 e. The van der Waals surface area contributed by atoms with E-state index in [1.54, 1.807) is 25.1 Å². The molecule has 1 aliphatic rings. The van der Waals surface area contributed by atoms with Crippen molar-refractivity contribution < 1.29 is 28.7 Å². The standard InChI is InChI=1S/C25H29FN2O4/c1-5-27(6-2)13-14-28-22(17-7-9-18(26)10-8-17)21(24(30)25(28)31)23(29)20-12-11-19(32-4)15-16(20)3/h7-12,15,22,29H,5-6,13-14H2,1-4H3. The molecule has 1 heterocycles. The summed E-state index contributed by atoms with van der Waals surface area (Å²) in [6.07, 6.45) is 0. The number of hydrogen-bond acceptors (Lipinski definition) is 4. The first-order valence-corrected chi connectivity index (χ1v) is 10.8. The van der Waals surface area contributed by atoms with Gasteiger partial charge < -0.3 is 19.6 Å². The molecule has 1 unspecified atom stereocenters. The van der Waals surface area contributed by atoms with Gasteiger partial charge in [-0.05, 0) is 61.7 Å². The lowest BCUT2D eigenvalue weighted by Crippen LogP contribution is -3.12. The summed E-state index contributed by atoms with van der Waals surface area (Å²) in [4.78, 5) is 28.7. The van der Waals surface area contributed by atoms with Crippen LogP contribution >= 0.6 is 0 Å². The van der Waals surface area contributed by atoms with Crippen LogP contribution in [0.3, 0.4) is 0 Å². The number of halogens is 1. The second-order valence-corrected chi connectivity index (χ2v) is 7.91. The number of Topliss-reactive ketones (excluding diaryl/α,β-unsaturated/α-hetero) is 1. The molecular formula is C25H29FN2O4. The number of nitrogens with zero attached hydrogens (tertiary/aromatic N) is 1. The molecule has 0 bridgehead atoms. The molecule has 7 heteroatoms. The van der Waals surface area contributed by atoms with Crippen molar-refractivity contribution in [3.63, 3.8) is 0 Å². The Bertz CT molecular complexity index is 1030. The predicted molar refractivity (Wildman–Crippen MR) is 117 cm³/mol. The maximum absolute atomic E-state index is 13.6. The molecule has 0 aromatic heterocycles. The number of rotatable bonds is 8. The molecule has 0 aliphatic carbocycles. The summed E-state index contributed by atoms with van der Waals surface area (Å²) in [5, 5.41) is 13.5. The molecular weight excluding hydrogens is 411 g/mol. The first-order chi connectivity index (χ1) is 15.3. The SMILES string of the molecule is CC[NH+](CC)CCN1C(=O)C(=O)C(=C([O-])c2ccc(OC)cc2C)C1c1ccc(F)cc1. The number of methoxy groups -OCH3 is 1. The van der Waals surface area contributed by atoms with Crippen LogP contribution in [0.2, 0.25) is 0 Å². The summed E-state index contributed by atoms with van der Waals surface area (Å²) in [7, 11) is 1.53. The number of quaternary nitrogens is 1. The lowest BCUT2D eigenvalue weighted by atomic mass is 9.94. The van der Waals surface area contributed by atoms with Crippen molar-refractivity contribution in [2.75, 3.05) is 33.3 Å². The number of benzene rings is 2. The summed E-state index contributed by atoms with van der Waals surface area (Å²) in [6.45, 7) is 8.60. The van der Waals surface area contributed by atoms with Crippen LogP contribution in [0.4, 0.5) is 4.39 Å². The summed E-state index contributed by atoms with van der Waals surface area (Å²) >= 11 is 0. The summed E-state index contributed by atoms with van der Waals surface area (Å²) in [6, 6.07) is 9.72. The fourth-order valence-corrected chi connectivity index (χ4v) is 4.14. The van der Waals surface area contributed by atoms with E-state index >= 15 is 0 Å². The summed E-state index contributed by atoms with van der Waals surface area (Å²) in [5.74, 6) is -1.82. The zero-order chi connectivity index (χ0) is 23.4. The van der Waals surface area contributed by atoms with Crippen LogP contribution in [0.25, 0.3) is 5.76 Å². The monoisotopic (exact) mass is 440 g/mol. The number of carbonyl (C=O) groups is 2. The Hall–Kier alpha value is -3.19. The minimum atomic E-state index is -0.848. The highest BCUT2D eigenvalue weighted by molar-refractivity contribution is 6.46. The lowest BCUT2D eigenvalue weighted by Gasteiger charge is -2.29. The molecule has 1 aliphatic heterocycles. The van der Waals surface area contributed by atoms with Gasteiger partial charge in [-0.25, -0.2) is 4.39 Å². The molecule has 1 saturated heterocycles. The van der Waals surface area contributed by atoms with Gasteiger partial charge in [0.1, 0.15) is 11.6 Å². The van der Waals surface area contributed by atoms with Crippen LogP contribution in [0.1, 0.15) is 36.6 Å². The normalized spacial score (nSPS) is 17.9. The van der Waals surface area contributed by atoms with Gasteiger partial charge in [-0.3, -0.25) is 9.59 Å². The maximum atomic E-state index is 13.6. The van der Waals surface area contributed by atoms with Crippen molar-refractivity contribution >= 4 is 17.4 Å². The number of likely N-dealkylation sites (tertiary alicyclic amines) is 1. The van der Waals surface area contributed by atoms with Gasteiger partial charge in [0, 0.05) is 5.57 Å². The molecule has 0 spiro atoms. The Morgan fingerprint density at radius 2 is 1.78 bits per heavy atom. The van der Waals surface area contributed by atoms with Crippen molar-refractivity contribution in [1.82, 2.24) is 4.90 Å². The number of carbonyl (C=O) groups excluding carboxylic acids is 2. The fourth-order valence-electron chi connectivity index (χ4n) is 4.14. The zero-order valence-corrected chi connectivity index (χ0v) is 18.9. The van der Waals surface area contributed by atoms with E-state index in [9.17, 15) is 19.1 Å². The Kier molecular flexibility index (Phi) is 7.30. The van der Waals surface area contributed by atoms with Gasteiger partial charge in [0.15, 0.2) is 0 Å². The number of likely N-dealkylation sites (N-methyl/N-ethyl adjacent to an activating group) is 1. The van der Waals surface area contributed by atoms with Gasteiger partial charge in [0.25, 0.3) is 5.91 Å². The molecule has 1 amide bonds. The van der Waals surface area contributed by atoms with Crippen molar-refractivity contribution in [3.05, 3.63) is 70.5 Å². The molecule has 1 atom stereocenters.